The monoisotopic (exact) mass is 249 g/mol. The minimum absolute atomic E-state index is 0.712. The van der Waals surface area contributed by atoms with Crippen LogP contribution in [0.1, 0.15) is 5.56 Å². The van der Waals surface area contributed by atoms with Gasteiger partial charge < -0.3 is 5.73 Å². The fourth-order valence-electron chi connectivity index (χ4n) is 1.40. The summed E-state index contributed by atoms with van der Waals surface area (Å²) < 4.78 is 0. The smallest absolute Gasteiger partial charge is 0.0456 e. The molecule has 82 valence electrons. The predicted octanol–water partition coefficient (Wildman–Crippen LogP) is 4.38. The zero-order valence-electron chi connectivity index (χ0n) is 8.91. The van der Waals surface area contributed by atoms with Gasteiger partial charge >= 0.3 is 0 Å². The standard InChI is InChI=1S/C13H12ClNS/c1-9-3-2-4-11(7-9)16-13-8-10(14)5-6-12(13)15/h2-8H,15H2,1H3. The number of nitrogen functional groups attached to an aromatic ring is 1. The predicted molar refractivity (Wildman–Crippen MR) is 71.2 cm³/mol. The third-order valence-corrected chi connectivity index (χ3v) is 3.49. The van der Waals surface area contributed by atoms with Crippen LogP contribution in [-0.2, 0) is 0 Å². The van der Waals surface area contributed by atoms with Crippen molar-refractivity contribution in [3.8, 4) is 0 Å². The molecule has 0 amide bonds. The van der Waals surface area contributed by atoms with E-state index in [1.807, 2.05) is 18.2 Å². The summed E-state index contributed by atoms with van der Waals surface area (Å²) in [6.45, 7) is 2.07. The van der Waals surface area contributed by atoms with E-state index in [9.17, 15) is 0 Å². The molecule has 2 rings (SSSR count). The van der Waals surface area contributed by atoms with Gasteiger partial charge in [0, 0.05) is 20.5 Å². The van der Waals surface area contributed by atoms with Crippen LogP contribution in [0.15, 0.2) is 52.3 Å². The maximum Gasteiger partial charge on any atom is 0.0456 e. The fourth-order valence-corrected chi connectivity index (χ4v) is 2.66. The molecule has 0 aliphatic rings. The van der Waals surface area contributed by atoms with Crippen molar-refractivity contribution in [1.82, 2.24) is 0 Å². The van der Waals surface area contributed by atoms with Gasteiger partial charge in [-0.25, -0.2) is 0 Å². The zero-order valence-corrected chi connectivity index (χ0v) is 10.5. The third-order valence-electron chi connectivity index (χ3n) is 2.19. The molecule has 2 N–H and O–H groups in total. The van der Waals surface area contributed by atoms with Crippen molar-refractivity contribution in [1.29, 1.82) is 0 Å². The van der Waals surface area contributed by atoms with E-state index in [0.717, 1.165) is 10.6 Å². The van der Waals surface area contributed by atoms with E-state index >= 15 is 0 Å². The number of anilines is 1. The van der Waals surface area contributed by atoms with Gasteiger partial charge in [0.1, 0.15) is 0 Å². The Morgan fingerprint density at radius 2 is 1.94 bits per heavy atom. The number of hydrogen-bond acceptors (Lipinski definition) is 2. The van der Waals surface area contributed by atoms with E-state index in [-0.39, 0.29) is 0 Å². The second-order valence-corrected chi connectivity index (χ2v) is 5.15. The highest BCUT2D eigenvalue weighted by Crippen LogP contribution is 2.34. The number of hydrogen-bond donors (Lipinski definition) is 1. The Kier molecular flexibility index (Phi) is 3.42. The van der Waals surface area contributed by atoms with E-state index in [0.29, 0.717) is 5.02 Å². The molecule has 0 aromatic heterocycles. The van der Waals surface area contributed by atoms with E-state index in [1.165, 1.54) is 10.5 Å². The molecule has 0 bridgehead atoms. The molecule has 0 saturated carbocycles. The van der Waals surface area contributed by atoms with Gasteiger partial charge in [0.15, 0.2) is 0 Å². The highest BCUT2D eigenvalue weighted by Gasteiger charge is 2.02. The number of halogens is 1. The van der Waals surface area contributed by atoms with Crippen LogP contribution in [0, 0.1) is 6.92 Å². The lowest BCUT2D eigenvalue weighted by molar-refractivity contribution is 1.35. The molecule has 0 aliphatic carbocycles. The van der Waals surface area contributed by atoms with Gasteiger partial charge in [0.25, 0.3) is 0 Å². The van der Waals surface area contributed by atoms with Gasteiger partial charge in [-0.15, -0.1) is 0 Å². The minimum atomic E-state index is 0.712. The van der Waals surface area contributed by atoms with E-state index in [4.69, 9.17) is 17.3 Å². The largest absolute Gasteiger partial charge is 0.398 e. The quantitative estimate of drug-likeness (QED) is 0.800. The Bertz CT molecular complexity index is 511. The second kappa shape index (κ2) is 4.81. The molecule has 2 aromatic carbocycles. The fraction of sp³-hybridized carbons (Fsp3) is 0.0769. The third kappa shape index (κ3) is 2.71. The number of aryl methyl sites for hydroxylation is 1. The molecule has 1 nitrogen and oxygen atoms in total. The van der Waals surface area contributed by atoms with Gasteiger partial charge in [-0.05, 0) is 37.3 Å². The van der Waals surface area contributed by atoms with E-state index < -0.39 is 0 Å². The molecular formula is C13H12ClNS. The Morgan fingerprint density at radius 3 is 2.69 bits per heavy atom. The molecule has 0 radical (unpaired) electrons. The van der Waals surface area contributed by atoms with Crippen molar-refractivity contribution in [2.24, 2.45) is 0 Å². The van der Waals surface area contributed by atoms with E-state index in [1.54, 1.807) is 17.8 Å². The average Bonchev–Trinajstić information content (AvgIpc) is 2.24. The van der Waals surface area contributed by atoms with Crippen LogP contribution >= 0.6 is 23.4 Å². The van der Waals surface area contributed by atoms with Gasteiger partial charge in [-0.3, -0.25) is 0 Å². The van der Waals surface area contributed by atoms with Crippen LogP contribution < -0.4 is 5.73 Å². The average molecular weight is 250 g/mol. The zero-order chi connectivity index (χ0) is 11.5. The lowest BCUT2D eigenvalue weighted by Crippen LogP contribution is -1.87. The van der Waals surface area contributed by atoms with Crippen LogP contribution in [-0.4, -0.2) is 0 Å². The molecule has 0 unspecified atom stereocenters. The number of rotatable bonds is 2. The molecule has 0 aliphatic heterocycles. The van der Waals surface area contributed by atoms with Crippen molar-refractivity contribution in [3.05, 3.63) is 53.1 Å². The summed E-state index contributed by atoms with van der Waals surface area (Å²) >= 11 is 7.58. The molecule has 0 saturated heterocycles. The first-order chi connectivity index (χ1) is 7.65. The summed E-state index contributed by atoms with van der Waals surface area (Å²) in [4.78, 5) is 2.17. The molecule has 0 spiro atoms. The van der Waals surface area contributed by atoms with Crippen molar-refractivity contribution in [3.63, 3.8) is 0 Å². The van der Waals surface area contributed by atoms with Crippen LogP contribution in [0.3, 0.4) is 0 Å². The first-order valence-electron chi connectivity index (χ1n) is 4.95. The summed E-state index contributed by atoms with van der Waals surface area (Å²) in [5, 5.41) is 0.712. The van der Waals surface area contributed by atoms with Crippen molar-refractivity contribution >= 4 is 29.1 Å². The summed E-state index contributed by atoms with van der Waals surface area (Å²) in [6, 6.07) is 13.8. The Labute approximate surface area is 105 Å². The highest BCUT2D eigenvalue weighted by molar-refractivity contribution is 7.99. The summed E-state index contributed by atoms with van der Waals surface area (Å²) in [7, 11) is 0. The van der Waals surface area contributed by atoms with E-state index in [2.05, 4.69) is 25.1 Å². The first kappa shape index (κ1) is 11.4. The highest BCUT2D eigenvalue weighted by atomic mass is 35.5. The minimum Gasteiger partial charge on any atom is -0.398 e. The Morgan fingerprint density at radius 1 is 1.12 bits per heavy atom. The van der Waals surface area contributed by atoms with Crippen LogP contribution in [0.5, 0.6) is 0 Å². The topological polar surface area (TPSA) is 26.0 Å². The molecule has 2 aromatic rings. The van der Waals surface area contributed by atoms with Crippen LogP contribution in [0.2, 0.25) is 5.02 Å². The van der Waals surface area contributed by atoms with Gasteiger partial charge in [0.2, 0.25) is 0 Å². The van der Waals surface area contributed by atoms with Gasteiger partial charge in [-0.2, -0.15) is 0 Å². The molecule has 3 heteroatoms. The molecule has 16 heavy (non-hydrogen) atoms. The van der Waals surface area contributed by atoms with Crippen LogP contribution in [0.25, 0.3) is 0 Å². The van der Waals surface area contributed by atoms with Gasteiger partial charge in [0.05, 0.1) is 0 Å². The first-order valence-corrected chi connectivity index (χ1v) is 6.14. The lowest BCUT2D eigenvalue weighted by Gasteiger charge is -2.06. The van der Waals surface area contributed by atoms with Crippen molar-refractivity contribution in [2.45, 2.75) is 16.7 Å². The number of benzene rings is 2. The molecule has 0 atom stereocenters. The molecular weight excluding hydrogens is 238 g/mol. The molecule has 0 heterocycles. The second-order valence-electron chi connectivity index (χ2n) is 3.60. The Balaban J connectivity index is 2.30. The lowest BCUT2D eigenvalue weighted by atomic mass is 10.2. The SMILES string of the molecule is Cc1cccc(Sc2cc(Cl)ccc2N)c1. The molecule has 0 fully saturated rings. The van der Waals surface area contributed by atoms with Crippen molar-refractivity contribution < 1.29 is 0 Å². The van der Waals surface area contributed by atoms with Gasteiger partial charge in [-0.1, -0.05) is 41.1 Å². The summed E-state index contributed by atoms with van der Waals surface area (Å²) in [5.74, 6) is 0. The normalized spacial score (nSPS) is 10.4. The maximum atomic E-state index is 5.95. The maximum absolute atomic E-state index is 5.95. The van der Waals surface area contributed by atoms with Crippen LogP contribution in [0.4, 0.5) is 5.69 Å². The van der Waals surface area contributed by atoms with Crippen molar-refractivity contribution in [2.75, 3.05) is 5.73 Å². The number of nitrogens with two attached hydrogens (primary N) is 1. The summed E-state index contributed by atoms with van der Waals surface area (Å²) in [6.07, 6.45) is 0. The Hall–Kier alpha value is -1.12. The summed E-state index contributed by atoms with van der Waals surface area (Å²) in [5.41, 5.74) is 7.90.